The van der Waals surface area contributed by atoms with Gasteiger partial charge in [0.15, 0.2) is 6.10 Å². The van der Waals surface area contributed by atoms with Gasteiger partial charge in [0.1, 0.15) is 17.5 Å². The molecule has 3 fully saturated rings. The lowest BCUT2D eigenvalue weighted by Crippen LogP contribution is -2.57. The van der Waals surface area contributed by atoms with Crippen molar-refractivity contribution < 1.29 is 28.9 Å². The average Bonchev–Trinajstić information content (AvgIpc) is 3.38. The van der Waals surface area contributed by atoms with E-state index in [1.807, 2.05) is 13.8 Å². The largest absolute Gasteiger partial charge is 0.457 e. The summed E-state index contributed by atoms with van der Waals surface area (Å²) in [5.41, 5.74) is 0.184. The minimum Gasteiger partial charge on any atom is -0.457 e. The molecule has 0 aromatic carbocycles. The highest BCUT2D eigenvalue weighted by Crippen LogP contribution is 2.60. The number of carbonyl (C=O) groups is 2. The number of nitrogens with zero attached hydrogens (tertiary/aromatic N) is 1. The van der Waals surface area contributed by atoms with Gasteiger partial charge in [-0.3, -0.25) is 9.69 Å². The summed E-state index contributed by atoms with van der Waals surface area (Å²) in [6.07, 6.45) is 6.69. The zero-order valence-electron chi connectivity index (χ0n) is 21.0. The van der Waals surface area contributed by atoms with Crippen LogP contribution in [0.4, 0.5) is 0 Å². The standard InChI is InChI=1S/C27H39NO6/c1-14-12-15(2)27-18(13-20(32-5)26(31)33-24(14)17(4)29)8-9-19-21(27)23(30)16(3)22(25(19)34-27)28-10-6-7-11-28/h8-9,12,14,16-22,24-25,29H,6-7,10-11,13H2,1-5H3/b15-12+/t14-,16?,17?,18-,19-,20+,21+,22?,24+,25-,27+/m1/s1. The molecule has 0 aromatic heterocycles. The molecule has 0 aromatic rings. The Morgan fingerprint density at radius 1 is 1.21 bits per heavy atom. The van der Waals surface area contributed by atoms with Gasteiger partial charge in [-0.15, -0.1) is 0 Å². The lowest BCUT2D eigenvalue weighted by molar-refractivity contribution is -0.171. The molecule has 0 amide bonds. The van der Waals surface area contributed by atoms with Crippen LogP contribution in [0.5, 0.6) is 0 Å². The van der Waals surface area contributed by atoms with Crippen LogP contribution in [-0.4, -0.2) is 78.0 Å². The Labute approximate surface area is 202 Å². The van der Waals surface area contributed by atoms with Crippen molar-refractivity contribution in [2.75, 3.05) is 20.2 Å². The number of methoxy groups -OCH3 is 1. The average molecular weight is 474 g/mol. The second-order valence-corrected chi connectivity index (χ2v) is 11.2. The van der Waals surface area contributed by atoms with Crippen LogP contribution in [0, 0.1) is 29.6 Å². The van der Waals surface area contributed by atoms with E-state index in [2.05, 4.69) is 30.1 Å². The summed E-state index contributed by atoms with van der Waals surface area (Å²) in [6, 6.07) is 0.0769. The molecule has 7 nitrogen and oxygen atoms in total. The summed E-state index contributed by atoms with van der Waals surface area (Å²) in [5, 5.41) is 10.4. The first-order valence-electron chi connectivity index (χ1n) is 12.9. The first-order chi connectivity index (χ1) is 16.2. The molecule has 2 aliphatic carbocycles. The maximum absolute atomic E-state index is 14.0. The molecule has 3 heterocycles. The Morgan fingerprint density at radius 2 is 1.91 bits per heavy atom. The quantitative estimate of drug-likeness (QED) is 0.498. The predicted molar refractivity (Wildman–Crippen MR) is 126 cm³/mol. The molecule has 5 aliphatic rings. The van der Waals surface area contributed by atoms with Crippen molar-refractivity contribution in [2.24, 2.45) is 29.6 Å². The fourth-order valence-electron chi connectivity index (χ4n) is 7.67. The Balaban J connectivity index is 1.63. The van der Waals surface area contributed by atoms with Gasteiger partial charge in [0.05, 0.1) is 18.1 Å². The molecular formula is C27H39NO6. The van der Waals surface area contributed by atoms with E-state index in [1.165, 1.54) is 7.11 Å². The third kappa shape index (κ3) is 3.46. The summed E-state index contributed by atoms with van der Waals surface area (Å²) < 4.78 is 18.4. The molecule has 11 atom stereocenters. The molecule has 1 spiro atoms. The zero-order chi connectivity index (χ0) is 24.4. The van der Waals surface area contributed by atoms with Crippen molar-refractivity contribution >= 4 is 11.8 Å². The molecular weight excluding hydrogens is 434 g/mol. The van der Waals surface area contributed by atoms with E-state index in [9.17, 15) is 14.7 Å². The van der Waals surface area contributed by atoms with Gasteiger partial charge >= 0.3 is 5.97 Å². The summed E-state index contributed by atoms with van der Waals surface area (Å²) in [5.74, 6) is -0.970. The highest BCUT2D eigenvalue weighted by molar-refractivity contribution is 5.88. The van der Waals surface area contributed by atoms with Crippen molar-refractivity contribution in [1.29, 1.82) is 0 Å². The van der Waals surface area contributed by atoms with E-state index in [0.29, 0.717) is 6.42 Å². The maximum Gasteiger partial charge on any atom is 0.335 e. The number of ketones is 1. The van der Waals surface area contributed by atoms with Gasteiger partial charge in [0, 0.05) is 36.8 Å². The number of Topliss-reactive ketones (excluding diaryl/α,β-unsaturated/α-hetero) is 1. The molecule has 7 heteroatoms. The third-order valence-corrected chi connectivity index (χ3v) is 9.23. The molecule has 1 N–H and O–H groups in total. The van der Waals surface area contributed by atoms with Gasteiger partial charge in [0.25, 0.3) is 0 Å². The molecule has 1 saturated carbocycles. The van der Waals surface area contributed by atoms with Gasteiger partial charge in [-0.05, 0) is 51.8 Å². The summed E-state index contributed by atoms with van der Waals surface area (Å²) in [6.45, 7) is 9.73. The number of aliphatic hydroxyl groups excluding tert-OH is 1. The molecule has 3 unspecified atom stereocenters. The van der Waals surface area contributed by atoms with Gasteiger partial charge in [-0.1, -0.05) is 32.1 Å². The number of rotatable bonds is 3. The normalized spacial score (nSPS) is 49.2. The van der Waals surface area contributed by atoms with E-state index >= 15 is 0 Å². The molecule has 188 valence electrons. The molecule has 4 bridgehead atoms. The fraction of sp³-hybridized carbons (Fsp3) is 0.778. The summed E-state index contributed by atoms with van der Waals surface area (Å²) in [4.78, 5) is 29.5. The molecule has 5 rings (SSSR count). The topological polar surface area (TPSA) is 85.3 Å². The second-order valence-electron chi connectivity index (χ2n) is 11.2. The smallest absolute Gasteiger partial charge is 0.335 e. The summed E-state index contributed by atoms with van der Waals surface area (Å²) >= 11 is 0. The number of aliphatic hydroxyl groups is 1. The maximum atomic E-state index is 14.0. The van der Waals surface area contributed by atoms with E-state index in [-0.39, 0.29) is 47.5 Å². The zero-order valence-corrected chi connectivity index (χ0v) is 21.0. The van der Waals surface area contributed by atoms with Gasteiger partial charge in [0.2, 0.25) is 0 Å². The Kier molecular flexibility index (Phi) is 6.28. The van der Waals surface area contributed by atoms with Crippen LogP contribution in [-0.2, 0) is 23.8 Å². The van der Waals surface area contributed by atoms with Crippen LogP contribution in [0.2, 0.25) is 0 Å². The highest BCUT2D eigenvalue weighted by Gasteiger charge is 2.69. The van der Waals surface area contributed by atoms with Gasteiger partial charge in [-0.25, -0.2) is 4.79 Å². The van der Waals surface area contributed by atoms with E-state index in [4.69, 9.17) is 14.2 Å². The number of hydrogen-bond acceptors (Lipinski definition) is 7. The molecule has 0 radical (unpaired) electrons. The van der Waals surface area contributed by atoms with Gasteiger partial charge < -0.3 is 19.3 Å². The monoisotopic (exact) mass is 473 g/mol. The first kappa shape index (κ1) is 24.2. The van der Waals surface area contributed by atoms with E-state index < -0.39 is 29.9 Å². The van der Waals surface area contributed by atoms with Crippen LogP contribution in [0.25, 0.3) is 0 Å². The Hall–Kier alpha value is -1.54. The second kappa shape index (κ2) is 8.84. The van der Waals surface area contributed by atoms with Crippen LogP contribution >= 0.6 is 0 Å². The lowest BCUT2D eigenvalue weighted by atomic mass is 9.57. The minimum absolute atomic E-state index is 0.0349. The number of hydrogen-bond donors (Lipinski definition) is 1. The van der Waals surface area contributed by atoms with Crippen molar-refractivity contribution in [1.82, 2.24) is 4.90 Å². The van der Waals surface area contributed by atoms with Crippen LogP contribution in [0.1, 0.15) is 47.0 Å². The third-order valence-electron chi connectivity index (χ3n) is 9.23. The fourth-order valence-corrected chi connectivity index (χ4v) is 7.67. The van der Waals surface area contributed by atoms with Crippen molar-refractivity contribution in [3.05, 3.63) is 23.8 Å². The predicted octanol–water partition coefficient (Wildman–Crippen LogP) is 2.52. The molecule has 3 aliphatic heterocycles. The Morgan fingerprint density at radius 3 is 2.56 bits per heavy atom. The van der Waals surface area contributed by atoms with Gasteiger partial charge in [-0.2, -0.15) is 0 Å². The summed E-state index contributed by atoms with van der Waals surface area (Å²) in [7, 11) is 1.51. The molecule has 34 heavy (non-hydrogen) atoms. The van der Waals surface area contributed by atoms with Crippen LogP contribution < -0.4 is 0 Å². The van der Waals surface area contributed by atoms with Crippen LogP contribution in [0.15, 0.2) is 23.8 Å². The number of ether oxygens (including phenoxy) is 3. The number of carbonyl (C=O) groups excluding carboxylic acids is 2. The SMILES string of the molecule is CO[C@H]1C[C@H]2C=C[C@@H]3[C@H]4C(=O)C(C)C(N5CCCC5)[C@@H]3O[C@@]24/C(C)=C/[C@@H](C)[C@@H](C(C)O)OC1=O. The highest BCUT2D eigenvalue weighted by atomic mass is 16.6. The Bertz CT molecular complexity index is 892. The van der Waals surface area contributed by atoms with Crippen LogP contribution in [0.3, 0.4) is 0 Å². The number of cyclic esters (lactones) is 1. The number of likely N-dealkylation sites (tertiary alicyclic amines) is 1. The van der Waals surface area contributed by atoms with E-state index in [0.717, 1.165) is 31.5 Å². The number of esters is 1. The van der Waals surface area contributed by atoms with Crippen molar-refractivity contribution in [2.45, 2.75) is 83.0 Å². The van der Waals surface area contributed by atoms with E-state index in [1.54, 1.807) is 6.92 Å². The van der Waals surface area contributed by atoms with Crippen molar-refractivity contribution in [3.8, 4) is 0 Å². The van der Waals surface area contributed by atoms with Crippen molar-refractivity contribution in [3.63, 3.8) is 0 Å². The first-order valence-corrected chi connectivity index (χ1v) is 12.9. The molecule has 2 saturated heterocycles. The minimum atomic E-state index is -0.836. The lowest BCUT2D eigenvalue weighted by Gasteiger charge is -2.46.